The molecule has 2 heterocycles. The molecule has 1 aromatic carbocycles. The van der Waals surface area contributed by atoms with Crippen molar-refractivity contribution in [2.45, 2.75) is 25.2 Å². The Morgan fingerprint density at radius 3 is 2.65 bits per heavy atom. The van der Waals surface area contributed by atoms with Gasteiger partial charge >= 0.3 is 6.61 Å². The van der Waals surface area contributed by atoms with Crippen molar-refractivity contribution in [3.8, 4) is 16.5 Å². The number of benzene rings is 1. The Balaban J connectivity index is 1.66. The highest BCUT2D eigenvalue weighted by Gasteiger charge is 2.16. The lowest BCUT2D eigenvalue weighted by molar-refractivity contribution is -0.0498. The summed E-state index contributed by atoms with van der Waals surface area (Å²) in [6.45, 7) is -0.199. The zero-order valence-electron chi connectivity index (χ0n) is 13.8. The molecule has 0 saturated heterocycles. The van der Waals surface area contributed by atoms with Crippen molar-refractivity contribution >= 4 is 28.9 Å². The van der Waals surface area contributed by atoms with E-state index < -0.39 is 6.61 Å². The first-order valence-corrected chi connectivity index (χ1v) is 9.63. The van der Waals surface area contributed by atoms with Crippen LogP contribution in [0.5, 0.6) is 5.75 Å². The number of halogens is 2. The van der Waals surface area contributed by atoms with Gasteiger partial charge in [-0.3, -0.25) is 4.79 Å². The maximum atomic E-state index is 12.3. The lowest BCUT2D eigenvalue weighted by Crippen LogP contribution is -2.06. The molecule has 0 saturated carbocycles. The first kappa shape index (κ1) is 18.5. The van der Waals surface area contributed by atoms with Gasteiger partial charge in [-0.2, -0.15) is 8.78 Å². The number of ether oxygens (including phenoxy) is 1. The van der Waals surface area contributed by atoms with Crippen molar-refractivity contribution in [1.29, 1.82) is 0 Å². The predicted octanol–water partition coefficient (Wildman–Crippen LogP) is 4.60. The van der Waals surface area contributed by atoms with Gasteiger partial charge in [-0.1, -0.05) is 17.8 Å². The van der Waals surface area contributed by atoms with Gasteiger partial charge in [-0.05, 0) is 42.6 Å². The van der Waals surface area contributed by atoms with E-state index in [-0.39, 0.29) is 17.3 Å². The Kier molecular flexibility index (Phi) is 6.00. The Bertz CT molecular complexity index is 865. The summed E-state index contributed by atoms with van der Waals surface area (Å²) in [4.78, 5) is 13.3. The molecule has 0 N–H and O–H groups in total. The van der Waals surface area contributed by atoms with E-state index in [0.29, 0.717) is 17.3 Å². The molecule has 26 heavy (non-hydrogen) atoms. The number of rotatable bonds is 8. The second-order valence-electron chi connectivity index (χ2n) is 5.14. The van der Waals surface area contributed by atoms with Crippen LogP contribution >= 0.6 is 23.1 Å². The summed E-state index contributed by atoms with van der Waals surface area (Å²) < 4.78 is 30.6. The number of hydrogen-bond donors (Lipinski definition) is 0. The normalized spacial score (nSPS) is 11.1. The van der Waals surface area contributed by atoms with Crippen molar-refractivity contribution in [2.75, 3.05) is 5.75 Å². The van der Waals surface area contributed by atoms with Crippen molar-refractivity contribution in [2.24, 2.45) is 0 Å². The first-order chi connectivity index (χ1) is 12.6. The first-order valence-electron chi connectivity index (χ1n) is 7.76. The van der Waals surface area contributed by atoms with Crippen LogP contribution in [0.2, 0.25) is 0 Å². The molecular formula is C17H15F2N3O2S2. The van der Waals surface area contributed by atoms with Crippen LogP contribution in [0.3, 0.4) is 0 Å². The van der Waals surface area contributed by atoms with E-state index in [4.69, 9.17) is 0 Å². The van der Waals surface area contributed by atoms with E-state index in [9.17, 15) is 13.6 Å². The number of thioether (sulfide) groups is 1. The van der Waals surface area contributed by atoms with Gasteiger partial charge in [0.15, 0.2) is 16.8 Å². The molecule has 0 atom stereocenters. The highest BCUT2D eigenvalue weighted by molar-refractivity contribution is 7.99. The minimum Gasteiger partial charge on any atom is -0.435 e. The van der Waals surface area contributed by atoms with Gasteiger partial charge < -0.3 is 9.30 Å². The van der Waals surface area contributed by atoms with Crippen molar-refractivity contribution in [1.82, 2.24) is 14.8 Å². The van der Waals surface area contributed by atoms with Gasteiger partial charge in [-0.15, -0.1) is 21.5 Å². The van der Waals surface area contributed by atoms with E-state index in [1.54, 1.807) is 11.3 Å². The standard InChI is InChI=1S/C17H15F2N3O2S2/c1-2-22-15(14-4-3-9-25-14)20-21-17(22)26-10-13(23)11-5-7-12(8-6-11)24-16(18)19/h3-9,16H,2,10H2,1H3. The van der Waals surface area contributed by atoms with E-state index in [2.05, 4.69) is 14.9 Å². The number of alkyl halides is 2. The third-order valence-corrected chi connectivity index (χ3v) is 5.34. The van der Waals surface area contributed by atoms with Crippen molar-refractivity contribution < 1.29 is 18.3 Å². The van der Waals surface area contributed by atoms with Crippen LogP contribution in [0.1, 0.15) is 17.3 Å². The zero-order valence-corrected chi connectivity index (χ0v) is 15.4. The number of hydrogen-bond acceptors (Lipinski definition) is 6. The molecule has 0 radical (unpaired) electrons. The van der Waals surface area contributed by atoms with Crippen LogP contribution < -0.4 is 4.74 Å². The topological polar surface area (TPSA) is 57.0 Å². The fourth-order valence-corrected chi connectivity index (χ4v) is 3.92. The average Bonchev–Trinajstić information content (AvgIpc) is 3.28. The predicted molar refractivity (Wildman–Crippen MR) is 97.1 cm³/mol. The second kappa shape index (κ2) is 8.41. The molecule has 0 unspecified atom stereocenters. The van der Waals surface area contributed by atoms with E-state index in [1.165, 1.54) is 36.0 Å². The molecule has 3 rings (SSSR count). The molecule has 0 aliphatic heterocycles. The van der Waals surface area contributed by atoms with Gasteiger partial charge in [-0.25, -0.2) is 0 Å². The van der Waals surface area contributed by atoms with Crippen LogP contribution in [0.4, 0.5) is 8.78 Å². The quantitative estimate of drug-likeness (QED) is 0.412. The summed E-state index contributed by atoms with van der Waals surface area (Å²) in [5.41, 5.74) is 0.431. The SMILES string of the molecule is CCn1c(SCC(=O)c2ccc(OC(F)F)cc2)nnc1-c1cccs1. The highest BCUT2D eigenvalue weighted by Crippen LogP contribution is 2.27. The fraction of sp³-hybridized carbons (Fsp3) is 0.235. The van der Waals surface area contributed by atoms with Crippen molar-refractivity contribution in [3.05, 3.63) is 47.3 Å². The largest absolute Gasteiger partial charge is 0.435 e. The van der Waals surface area contributed by atoms with E-state index >= 15 is 0 Å². The number of carbonyl (C=O) groups excluding carboxylic acids is 1. The molecule has 0 amide bonds. The van der Waals surface area contributed by atoms with Crippen LogP contribution in [0, 0.1) is 0 Å². The molecule has 0 aliphatic rings. The second-order valence-corrected chi connectivity index (χ2v) is 7.03. The number of thiophene rings is 1. The summed E-state index contributed by atoms with van der Waals surface area (Å²) in [6.07, 6.45) is 0. The maximum absolute atomic E-state index is 12.3. The Morgan fingerprint density at radius 2 is 2.04 bits per heavy atom. The molecule has 0 fully saturated rings. The molecule has 2 aromatic heterocycles. The summed E-state index contributed by atoms with van der Waals surface area (Å²) in [7, 11) is 0. The molecule has 136 valence electrons. The van der Waals surface area contributed by atoms with E-state index in [0.717, 1.165) is 10.7 Å². The number of nitrogens with zero attached hydrogens (tertiary/aromatic N) is 3. The Hall–Kier alpha value is -2.26. The van der Waals surface area contributed by atoms with Gasteiger partial charge in [0.25, 0.3) is 0 Å². The summed E-state index contributed by atoms with van der Waals surface area (Å²) in [5, 5.41) is 11.0. The van der Waals surface area contributed by atoms with Crippen LogP contribution in [0.15, 0.2) is 46.9 Å². The molecule has 5 nitrogen and oxygen atoms in total. The lowest BCUT2D eigenvalue weighted by Gasteiger charge is -2.07. The summed E-state index contributed by atoms with van der Waals surface area (Å²) in [5.74, 6) is 0.862. The Morgan fingerprint density at radius 1 is 1.27 bits per heavy atom. The summed E-state index contributed by atoms with van der Waals surface area (Å²) in [6, 6.07) is 9.58. The van der Waals surface area contributed by atoms with Crippen LogP contribution in [-0.4, -0.2) is 32.9 Å². The number of carbonyl (C=O) groups is 1. The molecule has 3 aromatic rings. The number of ketones is 1. The molecule has 9 heteroatoms. The molecule has 0 aliphatic carbocycles. The van der Waals surface area contributed by atoms with Gasteiger partial charge in [0.2, 0.25) is 0 Å². The maximum Gasteiger partial charge on any atom is 0.387 e. The van der Waals surface area contributed by atoms with Gasteiger partial charge in [0, 0.05) is 12.1 Å². The summed E-state index contributed by atoms with van der Waals surface area (Å²) >= 11 is 2.88. The minimum atomic E-state index is -2.88. The Labute approximate surface area is 157 Å². The minimum absolute atomic E-state index is 0.0236. The highest BCUT2D eigenvalue weighted by atomic mass is 32.2. The van der Waals surface area contributed by atoms with Gasteiger partial charge in [0.1, 0.15) is 5.75 Å². The molecular weight excluding hydrogens is 380 g/mol. The molecule has 0 bridgehead atoms. The average molecular weight is 395 g/mol. The lowest BCUT2D eigenvalue weighted by atomic mass is 10.1. The monoisotopic (exact) mass is 395 g/mol. The van der Waals surface area contributed by atoms with Gasteiger partial charge in [0.05, 0.1) is 10.6 Å². The third kappa shape index (κ3) is 4.28. The fourth-order valence-electron chi connectivity index (χ4n) is 2.30. The number of Topliss-reactive ketones (excluding diaryl/α,β-unsaturated/α-hetero) is 1. The van der Waals surface area contributed by atoms with Crippen molar-refractivity contribution in [3.63, 3.8) is 0 Å². The zero-order chi connectivity index (χ0) is 18.5. The molecule has 0 spiro atoms. The smallest absolute Gasteiger partial charge is 0.387 e. The number of aromatic nitrogens is 3. The third-order valence-electron chi connectivity index (χ3n) is 3.51. The van der Waals surface area contributed by atoms with Crippen LogP contribution in [-0.2, 0) is 6.54 Å². The van der Waals surface area contributed by atoms with Crippen LogP contribution in [0.25, 0.3) is 10.7 Å². The van der Waals surface area contributed by atoms with E-state index in [1.807, 2.05) is 29.0 Å².